The quantitative estimate of drug-likeness (QED) is 0.154. The Morgan fingerprint density at radius 3 is 2.07 bits per heavy atom. The van der Waals surface area contributed by atoms with E-state index in [-0.39, 0.29) is 23.3 Å². The molecule has 0 aliphatic heterocycles. The monoisotopic (exact) mass is 530 g/mol. The van der Waals surface area contributed by atoms with Gasteiger partial charge in [0.15, 0.2) is 4.33 Å². The molecule has 1 N–H and O–H groups in total. The summed E-state index contributed by atoms with van der Waals surface area (Å²) in [5, 5.41) is 8.64. The van der Waals surface area contributed by atoms with Gasteiger partial charge in [0.1, 0.15) is 23.0 Å². The van der Waals surface area contributed by atoms with Crippen molar-refractivity contribution in [3.63, 3.8) is 0 Å². The fourth-order valence-corrected chi connectivity index (χ4v) is 6.41. The number of carbonyl (C=O) groups excluding carboxylic acids is 2. The lowest BCUT2D eigenvalue weighted by Gasteiger charge is -2.34. The highest BCUT2D eigenvalue weighted by molar-refractivity contribution is 6.66. The first-order valence-electron chi connectivity index (χ1n) is 8.67. The predicted molar refractivity (Wildman–Crippen MR) is 112 cm³/mol. The summed E-state index contributed by atoms with van der Waals surface area (Å²) in [6.45, 7) is 4.47. The van der Waals surface area contributed by atoms with E-state index in [0.717, 1.165) is 0 Å². The highest BCUT2D eigenvalue weighted by Gasteiger charge is 2.84. The maximum atomic E-state index is 12.8. The van der Waals surface area contributed by atoms with Crippen LogP contribution >= 0.6 is 69.6 Å². The van der Waals surface area contributed by atoms with Crippen LogP contribution in [0.5, 0.6) is 0 Å². The normalized spacial score (nSPS) is 33.2. The fourth-order valence-electron chi connectivity index (χ4n) is 3.42. The number of hydrogen-bond donors (Lipinski definition) is 1. The molecule has 0 saturated heterocycles. The van der Waals surface area contributed by atoms with Gasteiger partial charge in [-0.1, -0.05) is 53.3 Å². The zero-order valence-corrected chi connectivity index (χ0v) is 20.3. The van der Waals surface area contributed by atoms with Gasteiger partial charge in [0, 0.05) is 5.92 Å². The van der Waals surface area contributed by atoms with E-state index in [0.29, 0.717) is 6.42 Å². The number of fused-ring (bicyclic) bond motifs is 2. The number of carbonyl (C=O) groups is 2. The minimum Gasteiger partial charge on any atom is -0.462 e. The predicted octanol–water partition coefficient (Wildman–Crippen LogP) is 5.08. The van der Waals surface area contributed by atoms with Crippen molar-refractivity contribution in [3.8, 4) is 0 Å². The van der Waals surface area contributed by atoms with Gasteiger partial charge in [0.25, 0.3) is 0 Å². The molecule has 1 saturated carbocycles. The minimum atomic E-state index is -2.00. The lowest BCUT2D eigenvalue weighted by Crippen LogP contribution is -2.46. The van der Waals surface area contributed by atoms with Crippen LogP contribution in [0.3, 0.4) is 0 Å². The summed E-state index contributed by atoms with van der Waals surface area (Å²) in [4.78, 5) is 25.3. The van der Waals surface area contributed by atoms with Crippen LogP contribution < -0.4 is 0 Å². The van der Waals surface area contributed by atoms with Crippen LogP contribution in [-0.2, 0) is 24.0 Å². The molecule has 0 aromatic carbocycles. The molecule has 0 spiro atoms. The lowest BCUT2D eigenvalue weighted by atomic mass is 9.82. The van der Waals surface area contributed by atoms with E-state index in [2.05, 4.69) is 4.89 Å². The van der Waals surface area contributed by atoms with Crippen LogP contribution in [0.2, 0.25) is 0 Å². The van der Waals surface area contributed by atoms with Crippen molar-refractivity contribution >= 4 is 81.5 Å². The van der Waals surface area contributed by atoms with Crippen LogP contribution in [0.15, 0.2) is 10.1 Å². The average molecular weight is 533 g/mol. The standard InChI is InChI=1S/C17H20Cl6O6/c1-4-14(2,3)13(25)28-6-5-27-12(24)9-8(7-29-26)15(20)10(18)11(19)16(9,21)17(15,22)23/h8-9,26H,4-7H2,1-3H3. The lowest BCUT2D eigenvalue weighted by molar-refractivity contribution is -0.254. The minimum absolute atomic E-state index is 0.136. The zero-order valence-electron chi connectivity index (χ0n) is 15.7. The number of allylic oxidation sites excluding steroid dienone is 2. The molecule has 0 aromatic heterocycles. The smallest absolute Gasteiger partial charge is 0.311 e. The highest BCUT2D eigenvalue weighted by Crippen LogP contribution is 2.76. The van der Waals surface area contributed by atoms with Crippen molar-refractivity contribution in [2.45, 2.75) is 41.3 Å². The molecule has 0 amide bonds. The van der Waals surface area contributed by atoms with Gasteiger partial charge in [-0.2, -0.15) is 0 Å². The molecule has 4 atom stereocenters. The number of esters is 2. The summed E-state index contributed by atoms with van der Waals surface area (Å²) in [6.07, 6.45) is 0.586. The maximum Gasteiger partial charge on any atom is 0.311 e. The number of rotatable bonds is 8. The van der Waals surface area contributed by atoms with E-state index in [9.17, 15) is 9.59 Å². The first kappa shape index (κ1) is 25.6. The maximum absolute atomic E-state index is 12.8. The van der Waals surface area contributed by atoms with Crippen LogP contribution in [0.1, 0.15) is 27.2 Å². The Morgan fingerprint density at radius 2 is 1.55 bits per heavy atom. The molecule has 0 aromatic rings. The molecule has 29 heavy (non-hydrogen) atoms. The molecular formula is C17H20Cl6O6. The van der Waals surface area contributed by atoms with Crippen LogP contribution in [0, 0.1) is 17.3 Å². The molecule has 4 unspecified atom stereocenters. The third kappa shape index (κ3) is 3.66. The number of alkyl halides is 4. The number of ether oxygens (including phenoxy) is 2. The molecule has 0 radical (unpaired) electrons. The van der Waals surface area contributed by atoms with Crippen molar-refractivity contribution in [3.05, 3.63) is 10.1 Å². The van der Waals surface area contributed by atoms with Crippen molar-refractivity contribution in [2.75, 3.05) is 19.8 Å². The summed E-state index contributed by atoms with van der Waals surface area (Å²) < 4.78 is 8.33. The second-order valence-corrected chi connectivity index (χ2v) is 10.8. The Hall–Kier alpha value is 0.340. The second kappa shape index (κ2) is 8.70. The summed E-state index contributed by atoms with van der Waals surface area (Å²) in [5.41, 5.74) is -0.657. The third-order valence-corrected chi connectivity index (χ3v) is 9.90. The Bertz CT molecular complexity index is 725. The summed E-state index contributed by atoms with van der Waals surface area (Å²) in [7, 11) is 0. The van der Waals surface area contributed by atoms with Gasteiger partial charge in [0.2, 0.25) is 0 Å². The van der Waals surface area contributed by atoms with E-state index in [1.54, 1.807) is 13.8 Å². The topological polar surface area (TPSA) is 82.1 Å². The third-order valence-electron chi connectivity index (χ3n) is 5.59. The Balaban J connectivity index is 2.16. The van der Waals surface area contributed by atoms with Crippen molar-refractivity contribution < 1.29 is 29.2 Å². The molecule has 1 fully saturated rings. The number of hydrogen-bond acceptors (Lipinski definition) is 6. The summed E-state index contributed by atoms with van der Waals surface area (Å²) in [6, 6.07) is 0. The van der Waals surface area contributed by atoms with E-state index in [1.807, 2.05) is 6.92 Å². The second-order valence-electron chi connectivity index (χ2n) is 7.55. The first-order chi connectivity index (χ1) is 13.2. The Morgan fingerprint density at radius 1 is 1.03 bits per heavy atom. The van der Waals surface area contributed by atoms with E-state index in [1.165, 1.54) is 0 Å². The van der Waals surface area contributed by atoms with E-state index >= 15 is 0 Å². The molecule has 166 valence electrons. The first-order valence-corrected chi connectivity index (χ1v) is 10.9. The zero-order chi connectivity index (χ0) is 22.4. The highest BCUT2D eigenvalue weighted by atomic mass is 35.5. The van der Waals surface area contributed by atoms with Crippen LogP contribution in [-0.4, -0.2) is 51.1 Å². The fraction of sp³-hybridized carbons (Fsp3) is 0.765. The molecule has 2 rings (SSSR count). The van der Waals surface area contributed by atoms with Gasteiger partial charge < -0.3 is 9.47 Å². The van der Waals surface area contributed by atoms with Gasteiger partial charge in [0.05, 0.1) is 28.0 Å². The van der Waals surface area contributed by atoms with Gasteiger partial charge in [-0.05, 0) is 20.3 Å². The molecule has 2 bridgehead atoms. The van der Waals surface area contributed by atoms with Crippen LogP contribution in [0.4, 0.5) is 0 Å². The van der Waals surface area contributed by atoms with Gasteiger partial charge in [-0.15, -0.1) is 23.2 Å². The molecule has 2 aliphatic rings. The molecule has 2 aliphatic carbocycles. The molecule has 12 heteroatoms. The van der Waals surface area contributed by atoms with Gasteiger partial charge in [-0.25, -0.2) is 4.89 Å². The molecule has 6 nitrogen and oxygen atoms in total. The molecule has 0 heterocycles. The average Bonchev–Trinajstić information content (AvgIpc) is 2.85. The molecular weight excluding hydrogens is 513 g/mol. The van der Waals surface area contributed by atoms with Crippen molar-refractivity contribution in [1.82, 2.24) is 0 Å². The van der Waals surface area contributed by atoms with E-state index in [4.69, 9.17) is 84.3 Å². The van der Waals surface area contributed by atoms with Crippen molar-refractivity contribution in [1.29, 1.82) is 0 Å². The largest absolute Gasteiger partial charge is 0.462 e. The Kier molecular flexibility index (Phi) is 7.68. The van der Waals surface area contributed by atoms with Gasteiger partial charge >= 0.3 is 11.9 Å². The van der Waals surface area contributed by atoms with Crippen molar-refractivity contribution in [2.24, 2.45) is 17.3 Å². The van der Waals surface area contributed by atoms with Crippen LogP contribution in [0.25, 0.3) is 0 Å². The number of halogens is 6. The van der Waals surface area contributed by atoms with Gasteiger partial charge in [-0.3, -0.25) is 14.8 Å². The Labute approximate surface area is 198 Å². The SMILES string of the molecule is CCC(C)(C)C(=O)OCCOC(=O)C1C(COO)C2(Cl)C(Cl)=C(Cl)C1(Cl)C2(Cl)Cl. The summed E-state index contributed by atoms with van der Waals surface area (Å²) >= 11 is 38.5. The summed E-state index contributed by atoms with van der Waals surface area (Å²) in [5.74, 6) is -3.62. The van der Waals surface area contributed by atoms with E-state index < -0.39 is 49.9 Å².